The van der Waals surface area contributed by atoms with E-state index in [1.165, 1.54) is 70.1 Å². The van der Waals surface area contributed by atoms with Crippen molar-refractivity contribution in [1.82, 2.24) is 0 Å². The Morgan fingerprint density at radius 1 is 0.750 bits per heavy atom. The number of anilines is 1. The van der Waals surface area contributed by atoms with Gasteiger partial charge in [-0.3, -0.25) is 0 Å². The minimum atomic E-state index is 1.10. The molecule has 20 heavy (non-hydrogen) atoms. The minimum Gasteiger partial charge on any atom is -0.372 e. The predicted octanol–water partition coefficient (Wildman–Crippen LogP) is 5.84. The second kappa shape index (κ2) is 10.8. The number of nitrogens with zero attached hydrogens (tertiary/aromatic N) is 1. The number of hydrogen-bond acceptors (Lipinski definition) is 1. The molecule has 1 radical (unpaired) electrons. The molecule has 0 saturated carbocycles. The zero-order chi connectivity index (χ0) is 14.6. The Hall–Kier alpha value is -0.980. The van der Waals surface area contributed by atoms with Gasteiger partial charge in [-0.15, -0.1) is 0 Å². The Morgan fingerprint density at radius 2 is 1.25 bits per heavy atom. The van der Waals surface area contributed by atoms with Crippen LogP contribution in [0, 0.1) is 6.92 Å². The van der Waals surface area contributed by atoms with Crippen molar-refractivity contribution in [2.24, 2.45) is 0 Å². The topological polar surface area (TPSA) is 3.24 Å². The summed E-state index contributed by atoms with van der Waals surface area (Å²) in [5, 5.41) is 0. The molecule has 0 atom stereocenters. The molecular formula is C19H32N. The van der Waals surface area contributed by atoms with E-state index < -0.39 is 0 Å². The first-order chi connectivity index (χ1) is 9.77. The highest BCUT2D eigenvalue weighted by molar-refractivity contribution is 5.47. The van der Waals surface area contributed by atoms with E-state index in [0.717, 1.165) is 5.56 Å². The van der Waals surface area contributed by atoms with Crippen LogP contribution in [0.15, 0.2) is 24.3 Å². The van der Waals surface area contributed by atoms with Crippen LogP contribution in [0.25, 0.3) is 0 Å². The van der Waals surface area contributed by atoms with Crippen LogP contribution in [-0.4, -0.2) is 13.1 Å². The molecule has 1 heteroatoms. The highest BCUT2D eigenvalue weighted by atomic mass is 15.1. The van der Waals surface area contributed by atoms with Gasteiger partial charge in [0.05, 0.1) is 0 Å². The number of unbranched alkanes of at least 4 members (excludes halogenated alkanes) is 6. The monoisotopic (exact) mass is 274 g/mol. The summed E-state index contributed by atoms with van der Waals surface area (Å²) in [6.07, 6.45) is 10.7. The van der Waals surface area contributed by atoms with Crippen molar-refractivity contribution >= 4 is 5.69 Å². The van der Waals surface area contributed by atoms with Gasteiger partial charge < -0.3 is 4.90 Å². The summed E-state index contributed by atoms with van der Waals surface area (Å²) in [6.45, 7) is 10.9. The molecule has 113 valence electrons. The molecule has 1 nitrogen and oxygen atoms in total. The summed E-state index contributed by atoms with van der Waals surface area (Å²) < 4.78 is 0. The normalized spacial score (nSPS) is 10.8. The summed E-state index contributed by atoms with van der Waals surface area (Å²) in [7, 11) is 0. The van der Waals surface area contributed by atoms with Crippen molar-refractivity contribution in [3.05, 3.63) is 36.8 Å². The highest BCUT2D eigenvalue weighted by Gasteiger charge is 2.05. The van der Waals surface area contributed by atoms with Crippen LogP contribution < -0.4 is 4.90 Å². The Balaban J connectivity index is 2.47. The van der Waals surface area contributed by atoms with E-state index in [2.05, 4.69) is 49.9 Å². The molecular weight excluding hydrogens is 242 g/mol. The molecule has 0 bridgehead atoms. The quantitative estimate of drug-likeness (QED) is 0.458. The summed E-state index contributed by atoms with van der Waals surface area (Å²) in [5.74, 6) is 0. The van der Waals surface area contributed by atoms with E-state index in [0.29, 0.717) is 0 Å². The van der Waals surface area contributed by atoms with Crippen LogP contribution >= 0.6 is 0 Å². The van der Waals surface area contributed by atoms with Crippen molar-refractivity contribution in [1.29, 1.82) is 0 Å². The maximum absolute atomic E-state index is 3.98. The smallest absolute Gasteiger partial charge is 0.0366 e. The lowest BCUT2D eigenvalue weighted by Gasteiger charge is -2.25. The fourth-order valence-electron chi connectivity index (χ4n) is 2.54. The van der Waals surface area contributed by atoms with Crippen molar-refractivity contribution in [3.63, 3.8) is 0 Å². The van der Waals surface area contributed by atoms with E-state index in [4.69, 9.17) is 0 Å². The molecule has 0 spiro atoms. The third-order valence-electron chi connectivity index (χ3n) is 3.86. The Bertz CT molecular complexity index is 316. The van der Waals surface area contributed by atoms with Crippen LogP contribution in [0.3, 0.4) is 0 Å². The summed E-state index contributed by atoms with van der Waals surface area (Å²) in [4.78, 5) is 2.56. The van der Waals surface area contributed by atoms with Crippen LogP contribution in [0.1, 0.15) is 70.8 Å². The Labute approximate surface area is 126 Å². The molecule has 1 rings (SSSR count). The van der Waals surface area contributed by atoms with E-state index in [9.17, 15) is 0 Å². The number of rotatable bonds is 11. The van der Waals surface area contributed by atoms with Crippen LogP contribution in [0.2, 0.25) is 0 Å². The van der Waals surface area contributed by atoms with Gasteiger partial charge in [0.1, 0.15) is 0 Å². The van der Waals surface area contributed by atoms with Gasteiger partial charge in [-0.1, -0.05) is 64.5 Å². The zero-order valence-electron chi connectivity index (χ0n) is 13.5. The number of hydrogen-bond donors (Lipinski definition) is 0. The Morgan fingerprint density at radius 3 is 1.70 bits per heavy atom. The van der Waals surface area contributed by atoms with Gasteiger partial charge in [0.15, 0.2) is 0 Å². The summed E-state index contributed by atoms with van der Waals surface area (Å²) in [5.41, 5.74) is 2.47. The maximum Gasteiger partial charge on any atom is 0.0366 e. The molecule has 0 saturated heterocycles. The fourth-order valence-corrected chi connectivity index (χ4v) is 2.54. The van der Waals surface area contributed by atoms with Crippen molar-refractivity contribution in [2.45, 2.75) is 65.2 Å². The lowest BCUT2D eigenvalue weighted by molar-refractivity contribution is 0.609. The van der Waals surface area contributed by atoms with E-state index in [1.807, 2.05) is 0 Å². The maximum atomic E-state index is 3.98. The largest absolute Gasteiger partial charge is 0.372 e. The second-order valence-electron chi connectivity index (χ2n) is 5.77. The van der Waals surface area contributed by atoms with Crippen LogP contribution in [0.5, 0.6) is 0 Å². The van der Waals surface area contributed by atoms with E-state index >= 15 is 0 Å². The molecule has 0 aliphatic heterocycles. The molecule has 0 heterocycles. The van der Waals surface area contributed by atoms with Crippen LogP contribution in [-0.2, 0) is 0 Å². The van der Waals surface area contributed by atoms with Crippen molar-refractivity contribution < 1.29 is 0 Å². The molecule has 1 aromatic rings. The van der Waals surface area contributed by atoms with Gasteiger partial charge in [-0.05, 0) is 37.5 Å². The third kappa shape index (κ3) is 6.98. The van der Waals surface area contributed by atoms with Crippen LogP contribution in [0.4, 0.5) is 5.69 Å². The summed E-state index contributed by atoms with van der Waals surface area (Å²) in [6, 6.07) is 8.70. The minimum absolute atomic E-state index is 1.10. The highest BCUT2D eigenvalue weighted by Crippen LogP contribution is 2.17. The SMILES string of the molecule is [CH2]c1ccc(N(CCCCCC)CCCCCC)cc1. The molecule has 0 aliphatic rings. The fraction of sp³-hybridized carbons (Fsp3) is 0.632. The van der Waals surface area contributed by atoms with Gasteiger partial charge in [0.2, 0.25) is 0 Å². The van der Waals surface area contributed by atoms with Crippen molar-refractivity contribution in [3.8, 4) is 0 Å². The lowest BCUT2D eigenvalue weighted by Crippen LogP contribution is -2.25. The summed E-state index contributed by atoms with van der Waals surface area (Å²) >= 11 is 0. The zero-order valence-corrected chi connectivity index (χ0v) is 13.5. The molecule has 0 N–H and O–H groups in total. The molecule has 0 aromatic heterocycles. The average molecular weight is 274 g/mol. The lowest BCUT2D eigenvalue weighted by atomic mass is 10.1. The third-order valence-corrected chi connectivity index (χ3v) is 3.86. The predicted molar refractivity (Wildman–Crippen MR) is 91.4 cm³/mol. The van der Waals surface area contributed by atoms with Gasteiger partial charge in [-0.25, -0.2) is 0 Å². The van der Waals surface area contributed by atoms with Crippen molar-refractivity contribution in [2.75, 3.05) is 18.0 Å². The Kier molecular flexibility index (Phi) is 9.19. The molecule has 0 unspecified atom stereocenters. The first-order valence-electron chi connectivity index (χ1n) is 8.45. The second-order valence-corrected chi connectivity index (χ2v) is 5.77. The molecule has 1 aromatic carbocycles. The van der Waals surface area contributed by atoms with Gasteiger partial charge in [0.25, 0.3) is 0 Å². The van der Waals surface area contributed by atoms with E-state index in [-0.39, 0.29) is 0 Å². The molecule has 0 amide bonds. The molecule has 0 fully saturated rings. The standard InChI is InChI=1S/C19H32N/c1-4-6-8-10-16-20(17-11-9-7-5-2)19-14-12-18(3)13-15-19/h12-15H,3-11,16-17H2,1-2H3. The van der Waals surface area contributed by atoms with E-state index in [1.54, 1.807) is 0 Å². The number of benzene rings is 1. The van der Waals surface area contributed by atoms with Gasteiger partial charge in [0, 0.05) is 18.8 Å². The van der Waals surface area contributed by atoms with Gasteiger partial charge >= 0.3 is 0 Å². The first-order valence-corrected chi connectivity index (χ1v) is 8.45. The molecule has 0 aliphatic carbocycles. The van der Waals surface area contributed by atoms with Gasteiger partial charge in [-0.2, -0.15) is 0 Å². The average Bonchev–Trinajstić information content (AvgIpc) is 2.47. The first kappa shape index (κ1) is 17.1.